The van der Waals surface area contributed by atoms with Gasteiger partial charge in [-0.05, 0) is 54.7 Å². The van der Waals surface area contributed by atoms with E-state index in [1.165, 1.54) is 22.7 Å². The van der Waals surface area contributed by atoms with Crippen molar-refractivity contribution in [3.05, 3.63) is 45.4 Å². The molecular weight excluding hydrogens is 544 g/mol. The van der Waals surface area contributed by atoms with E-state index >= 15 is 0 Å². The molecule has 0 fully saturated rings. The number of hydrogen-bond acceptors (Lipinski definition) is 10. The first-order valence-electron chi connectivity index (χ1n) is 12.1. The van der Waals surface area contributed by atoms with Crippen LogP contribution in [0.4, 0.5) is 0 Å². The van der Waals surface area contributed by atoms with Gasteiger partial charge in [0.2, 0.25) is 0 Å². The van der Waals surface area contributed by atoms with Gasteiger partial charge in [-0.2, -0.15) is 0 Å². The maximum atomic E-state index is 12.3. The number of aryl methyl sites for hydroxylation is 2. The number of aliphatic carboxylic acids is 2. The number of ether oxygens (including phenoxy) is 2. The maximum Gasteiger partial charge on any atom is 0.303 e. The lowest BCUT2D eigenvalue weighted by Gasteiger charge is -2.11. The summed E-state index contributed by atoms with van der Waals surface area (Å²) in [6.07, 6.45) is 1.41. The van der Waals surface area contributed by atoms with Gasteiger partial charge in [-0.3, -0.25) is 19.2 Å². The Kier molecular flexibility index (Phi) is 8.87. The number of carbonyl (C=O) groups excluding carboxylic acids is 2. The average Bonchev–Trinajstić information content (AvgIpc) is 3.52. The smallest absolute Gasteiger partial charge is 0.303 e. The summed E-state index contributed by atoms with van der Waals surface area (Å²) in [5.74, 6) is -1.28. The predicted octanol–water partition coefficient (Wildman–Crippen LogP) is 5.19. The molecule has 0 saturated heterocycles. The first kappa shape index (κ1) is 28.1. The number of benzene rings is 2. The third kappa shape index (κ3) is 6.76. The topological polar surface area (TPSA) is 153 Å². The molecule has 204 valence electrons. The van der Waals surface area contributed by atoms with Crippen LogP contribution in [0.5, 0.6) is 11.5 Å². The molecule has 4 aromatic rings. The predicted molar refractivity (Wildman–Crippen MR) is 147 cm³/mol. The maximum absolute atomic E-state index is 12.3. The highest BCUT2D eigenvalue weighted by molar-refractivity contribution is 7.20. The Balaban J connectivity index is 1.49. The van der Waals surface area contributed by atoms with E-state index in [1.807, 2.05) is 24.3 Å². The molecule has 0 unspecified atom stereocenters. The van der Waals surface area contributed by atoms with E-state index in [0.717, 1.165) is 26.9 Å². The van der Waals surface area contributed by atoms with Crippen molar-refractivity contribution in [2.45, 2.75) is 44.9 Å². The molecule has 2 aromatic carbocycles. The molecule has 0 bridgehead atoms. The molecular formula is C27H26N2O8S2. The molecule has 2 N–H and O–H groups in total. The van der Waals surface area contributed by atoms with E-state index in [2.05, 4.69) is 9.97 Å². The third-order valence-corrected chi connectivity index (χ3v) is 8.20. The van der Waals surface area contributed by atoms with E-state index < -0.39 is 11.9 Å². The molecule has 2 heterocycles. The second-order valence-electron chi connectivity index (χ2n) is 8.79. The molecule has 0 radical (unpaired) electrons. The monoisotopic (exact) mass is 570 g/mol. The summed E-state index contributed by atoms with van der Waals surface area (Å²) >= 11 is 2.44. The molecule has 10 nitrogen and oxygen atoms in total. The van der Waals surface area contributed by atoms with Crippen LogP contribution in [0.15, 0.2) is 24.3 Å². The minimum Gasteiger partial charge on any atom is -0.496 e. The van der Waals surface area contributed by atoms with Crippen molar-refractivity contribution in [2.24, 2.45) is 0 Å². The fourth-order valence-electron chi connectivity index (χ4n) is 4.13. The zero-order valence-corrected chi connectivity index (χ0v) is 22.9. The van der Waals surface area contributed by atoms with Gasteiger partial charge in [0, 0.05) is 12.8 Å². The number of aromatic nitrogens is 2. The van der Waals surface area contributed by atoms with Crippen LogP contribution < -0.4 is 9.47 Å². The summed E-state index contributed by atoms with van der Waals surface area (Å²) in [7, 11) is 3.17. The minimum atomic E-state index is -1.02. The van der Waals surface area contributed by atoms with Crippen LogP contribution in [0.2, 0.25) is 0 Å². The molecule has 0 spiro atoms. The fraction of sp³-hybridized carbons (Fsp3) is 0.333. The van der Waals surface area contributed by atoms with Crippen molar-refractivity contribution < 1.29 is 38.9 Å². The molecule has 2 aromatic heterocycles. The Bertz CT molecular complexity index is 1460. The van der Waals surface area contributed by atoms with Crippen LogP contribution in [0.3, 0.4) is 0 Å². The van der Waals surface area contributed by atoms with Crippen LogP contribution in [0.1, 0.15) is 62.8 Å². The number of Topliss-reactive ketones (excluding diaryl/α,β-unsaturated/α-hetero) is 2. The zero-order valence-electron chi connectivity index (χ0n) is 21.3. The van der Waals surface area contributed by atoms with Crippen LogP contribution in [0.25, 0.3) is 20.4 Å². The number of nitrogens with zero attached hydrogens (tertiary/aromatic N) is 2. The highest BCUT2D eigenvalue weighted by Gasteiger charge is 2.18. The van der Waals surface area contributed by atoms with E-state index in [-0.39, 0.29) is 47.3 Å². The van der Waals surface area contributed by atoms with Crippen molar-refractivity contribution >= 4 is 66.6 Å². The normalized spacial score (nSPS) is 11.1. The molecule has 4 rings (SSSR count). The standard InChI is InChI=1S/C27H26N2O8S2/c1-36-20-12-22-16(28-26(38-22)18(30)6-8-24(32)33)10-14(20)4-3-5-15-11-17-23(13-21(15)37-2)39-27(29-17)19(31)7-9-25(34)35/h10-13H,3-9H2,1-2H3,(H,32,33)(H,34,35). The van der Waals surface area contributed by atoms with Crippen LogP contribution in [-0.2, 0) is 22.4 Å². The highest BCUT2D eigenvalue weighted by atomic mass is 32.1. The van der Waals surface area contributed by atoms with E-state index in [0.29, 0.717) is 35.4 Å². The molecule has 39 heavy (non-hydrogen) atoms. The number of ketones is 2. The molecule has 0 amide bonds. The summed E-state index contributed by atoms with van der Waals surface area (Å²) in [6.45, 7) is 0. The van der Waals surface area contributed by atoms with Gasteiger partial charge in [-0.1, -0.05) is 0 Å². The Labute approximate surface area is 231 Å². The van der Waals surface area contributed by atoms with Crippen molar-refractivity contribution in [1.82, 2.24) is 9.97 Å². The van der Waals surface area contributed by atoms with Gasteiger partial charge in [0.15, 0.2) is 21.6 Å². The van der Waals surface area contributed by atoms with Gasteiger partial charge < -0.3 is 19.7 Å². The Morgan fingerprint density at radius 3 is 1.46 bits per heavy atom. The lowest BCUT2D eigenvalue weighted by molar-refractivity contribution is -0.137. The number of fused-ring (bicyclic) bond motifs is 2. The van der Waals surface area contributed by atoms with Crippen LogP contribution in [0, 0.1) is 0 Å². The van der Waals surface area contributed by atoms with Crippen molar-refractivity contribution in [3.8, 4) is 11.5 Å². The number of thiazole rings is 2. The second kappa shape index (κ2) is 12.3. The Morgan fingerprint density at radius 2 is 1.10 bits per heavy atom. The van der Waals surface area contributed by atoms with Crippen molar-refractivity contribution in [2.75, 3.05) is 14.2 Å². The number of hydrogen-bond donors (Lipinski definition) is 2. The summed E-state index contributed by atoms with van der Waals surface area (Å²) in [5.41, 5.74) is 3.19. The van der Waals surface area contributed by atoms with Crippen molar-refractivity contribution in [1.29, 1.82) is 0 Å². The molecule has 12 heteroatoms. The average molecular weight is 571 g/mol. The zero-order chi connectivity index (χ0) is 28.1. The fourth-order valence-corrected chi connectivity index (χ4v) is 6.02. The molecule has 0 atom stereocenters. The third-order valence-electron chi connectivity index (χ3n) is 6.08. The summed E-state index contributed by atoms with van der Waals surface area (Å²) in [6, 6.07) is 7.49. The molecule has 0 aliphatic heterocycles. The summed E-state index contributed by atoms with van der Waals surface area (Å²) in [5, 5.41) is 18.2. The number of rotatable bonds is 14. The minimum absolute atomic E-state index is 0.0949. The van der Waals surface area contributed by atoms with Gasteiger partial charge in [0.05, 0.1) is 47.5 Å². The molecule has 0 aliphatic rings. The lowest BCUT2D eigenvalue weighted by Crippen LogP contribution is -2.03. The highest BCUT2D eigenvalue weighted by Crippen LogP contribution is 2.34. The quantitative estimate of drug-likeness (QED) is 0.194. The second-order valence-corrected chi connectivity index (χ2v) is 10.9. The first-order chi connectivity index (χ1) is 18.7. The van der Waals surface area contributed by atoms with E-state index in [1.54, 1.807) is 14.2 Å². The Morgan fingerprint density at radius 1 is 0.692 bits per heavy atom. The Hall–Kier alpha value is -3.90. The summed E-state index contributed by atoms with van der Waals surface area (Å²) < 4.78 is 12.7. The summed E-state index contributed by atoms with van der Waals surface area (Å²) in [4.78, 5) is 55.1. The van der Waals surface area contributed by atoms with Gasteiger partial charge in [0.25, 0.3) is 0 Å². The molecule has 0 saturated carbocycles. The largest absolute Gasteiger partial charge is 0.496 e. The van der Waals surface area contributed by atoms with Gasteiger partial charge in [0.1, 0.15) is 11.5 Å². The first-order valence-corrected chi connectivity index (χ1v) is 13.8. The molecule has 0 aliphatic carbocycles. The number of carboxylic acid groups (broad SMARTS) is 2. The van der Waals surface area contributed by atoms with Gasteiger partial charge in [-0.25, -0.2) is 9.97 Å². The van der Waals surface area contributed by atoms with E-state index in [4.69, 9.17) is 19.7 Å². The van der Waals surface area contributed by atoms with Crippen molar-refractivity contribution in [3.63, 3.8) is 0 Å². The SMILES string of the molecule is COc1cc2sc(C(=O)CCC(=O)O)nc2cc1CCCc1cc2nc(C(=O)CCC(=O)O)sc2cc1OC. The van der Waals surface area contributed by atoms with Gasteiger partial charge in [-0.15, -0.1) is 22.7 Å². The van der Waals surface area contributed by atoms with Gasteiger partial charge >= 0.3 is 11.9 Å². The number of carbonyl (C=O) groups is 4. The number of carboxylic acids is 2. The van der Waals surface area contributed by atoms with E-state index in [9.17, 15) is 19.2 Å². The lowest BCUT2D eigenvalue weighted by atomic mass is 10.0. The van der Waals surface area contributed by atoms with Crippen LogP contribution in [-0.4, -0.2) is 57.9 Å². The number of methoxy groups -OCH3 is 2. The van der Waals surface area contributed by atoms with Crippen LogP contribution >= 0.6 is 22.7 Å².